The lowest BCUT2D eigenvalue weighted by Crippen LogP contribution is -2.41. The lowest BCUT2D eigenvalue weighted by Gasteiger charge is -2.20. The normalized spacial score (nSPS) is 17.6. The maximum atomic E-state index is 13.6. The maximum absolute atomic E-state index is 13.6. The molecular formula is C16H15F8N5O2. The fraction of sp³-hybridized carbons (Fsp3) is 0.500. The van der Waals surface area contributed by atoms with E-state index in [2.05, 4.69) is 9.98 Å². The summed E-state index contributed by atoms with van der Waals surface area (Å²) in [7, 11) is 1.09. The summed E-state index contributed by atoms with van der Waals surface area (Å²) in [6, 6.07) is 0. The molecule has 0 saturated heterocycles. The maximum Gasteiger partial charge on any atom is 0.455 e. The number of likely N-dealkylation sites (N-methyl/N-ethyl adjacent to an activating group) is 1. The Hall–Kier alpha value is -3.00. The van der Waals surface area contributed by atoms with Crippen molar-refractivity contribution in [3.05, 3.63) is 27.8 Å². The molecule has 7 nitrogen and oxygen atoms in total. The zero-order valence-electron chi connectivity index (χ0n) is 16.1. The van der Waals surface area contributed by atoms with E-state index in [9.17, 15) is 44.7 Å². The van der Waals surface area contributed by atoms with Crippen LogP contribution in [-0.4, -0.2) is 47.4 Å². The van der Waals surface area contributed by atoms with E-state index in [1.165, 1.54) is 13.8 Å². The first-order valence-corrected chi connectivity index (χ1v) is 8.27. The first-order valence-electron chi connectivity index (χ1n) is 8.27. The van der Waals surface area contributed by atoms with Crippen LogP contribution < -0.4 is 16.2 Å². The Kier molecular flexibility index (Phi) is 5.72. The summed E-state index contributed by atoms with van der Waals surface area (Å²) in [5.74, 6) is -6.66. The number of hydrogen-bond acceptors (Lipinski definition) is 5. The van der Waals surface area contributed by atoms with Gasteiger partial charge in [0.15, 0.2) is 5.69 Å². The molecule has 1 aromatic heterocycles. The summed E-state index contributed by atoms with van der Waals surface area (Å²) in [4.78, 5) is 32.1. The molecule has 0 aromatic carbocycles. The third-order valence-electron chi connectivity index (χ3n) is 4.42. The Morgan fingerprint density at radius 3 is 2.13 bits per heavy atom. The van der Waals surface area contributed by atoms with Crippen molar-refractivity contribution in [1.82, 2.24) is 9.55 Å². The first-order chi connectivity index (χ1) is 13.9. The summed E-state index contributed by atoms with van der Waals surface area (Å²) in [6.45, 7) is 0.306. The van der Waals surface area contributed by atoms with Gasteiger partial charge in [-0.3, -0.25) is 24.0 Å². The Labute approximate surface area is 168 Å². The minimum Gasteiger partial charge on any atom is -0.404 e. The summed E-state index contributed by atoms with van der Waals surface area (Å²) in [5, 5.41) is 0. The van der Waals surface area contributed by atoms with Crippen molar-refractivity contribution in [2.45, 2.75) is 37.7 Å². The molecule has 0 unspecified atom stereocenters. The van der Waals surface area contributed by atoms with E-state index >= 15 is 0 Å². The van der Waals surface area contributed by atoms with Gasteiger partial charge in [0.05, 0.1) is 5.56 Å². The number of rotatable bonds is 4. The number of anilines is 1. The van der Waals surface area contributed by atoms with Gasteiger partial charge in [0.2, 0.25) is 5.95 Å². The van der Waals surface area contributed by atoms with E-state index in [-0.39, 0.29) is 6.21 Å². The largest absolute Gasteiger partial charge is 0.455 e. The first kappa shape index (κ1) is 24.3. The monoisotopic (exact) mass is 461 g/mol. The Morgan fingerprint density at radius 2 is 1.68 bits per heavy atom. The third-order valence-corrected chi connectivity index (χ3v) is 4.42. The molecule has 0 aliphatic carbocycles. The van der Waals surface area contributed by atoms with Gasteiger partial charge in [0.1, 0.15) is 12.1 Å². The second-order valence-electron chi connectivity index (χ2n) is 6.99. The van der Waals surface area contributed by atoms with E-state index < -0.39 is 64.6 Å². The highest BCUT2D eigenvalue weighted by atomic mass is 19.4. The lowest BCUT2D eigenvalue weighted by atomic mass is 10.0. The van der Waals surface area contributed by atoms with Gasteiger partial charge in [-0.1, -0.05) is 0 Å². The topological polar surface area (TPSA) is 93.6 Å². The number of hydrogen-bond donors (Lipinski definition) is 1. The van der Waals surface area contributed by atoms with Gasteiger partial charge in [0.25, 0.3) is 11.5 Å². The summed E-state index contributed by atoms with van der Waals surface area (Å²) in [6.07, 6.45) is -10.6. The molecule has 2 rings (SSSR count). The van der Waals surface area contributed by atoms with Crippen molar-refractivity contribution < 1.29 is 39.9 Å². The Balaban J connectivity index is 2.70. The van der Waals surface area contributed by atoms with Gasteiger partial charge < -0.3 is 5.73 Å². The molecule has 0 bridgehead atoms. The van der Waals surface area contributed by atoms with Gasteiger partial charge in [0, 0.05) is 25.0 Å². The zero-order valence-corrected chi connectivity index (χ0v) is 16.1. The van der Waals surface area contributed by atoms with Crippen molar-refractivity contribution in [1.29, 1.82) is 0 Å². The fourth-order valence-corrected chi connectivity index (χ4v) is 2.84. The highest BCUT2D eigenvalue weighted by molar-refractivity contribution is 6.10. The van der Waals surface area contributed by atoms with E-state index in [1.54, 1.807) is 0 Å². The van der Waals surface area contributed by atoms with Crippen LogP contribution in [0.3, 0.4) is 0 Å². The molecule has 1 aliphatic rings. The minimum atomic E-state index is -5.95. The summed E-state index contributed by atoms with van der Waals surface area (Å²) < 4.78 is 104. The van der Waals surface area contributed by atoms with Crippen molar-refractivity contribution in [2.24, 2.45) is 10.7 Å². The van der Waals surface area contributed by atoms with Crippen LogP contribution in [0.1, 0.15) is 25.1 Å². The van der Waals surface area contributed by atoms with Gasteiger partial charge in [-0.2, -0.15) is 35.1 Å². The molecule has 1 aliphatic heterocycles. The predicted molar refractivity (Wildman–Crippen MR) is 92.8 cm³/mol. The van der Waals surface area contributed by atoms with Crippen LogP contribution in [0.25, 0.3) is 5.57 Å². The Morgan fingerprint density at radius 1 is 1.13 bits per heavy atom. The number of allylic oxidation sites excluding steroid dienone is 1. The molecule has 0 fully saturated rings. The number of fused-ring (bicyclic) bond motifs is 1. The van der Waals surface area contributed by atoms with Crippen LogP contribution in [0.2, 0.25) is 0 Å². The van der Waals surface area contributed by atoms with Gasteiger partial charge in [-0.15, -0.1) is 0 Å². The number of aromatic nitrogens is 2. The van der Waals surface area contributed by atoms with Crippen LogP contribution >= 0.6 is 0 Å². The number of nitrogens with two attached hydrogens (primary N) is 1. The van der Waals surface area contributed by atoms with Crippen molar-refractivity contribution >= 4 is 23.6 Å². The molecule has 0 radical (unpaired) electrons. The lowest BCUT2D eigenvalue weighted by molar-refractivity contribution is -0.276. The number of alkyl halides is 8. The van der Waals surface area contributed by atoms with Crippen LogP contribution in [0, 0.1) is 0 Å². The SMILES string of the molecule is CN1C(=O)C(C)(C)n2c1nc(C(F)(F)F)c(C(C=NCC(F)(F)C(F)(F)F)=CN)c2=O. The second-order valence-corrected chi connectivity index (χ2v) is 6.99. The van der Waals surface area contributed by atoms with E-state index in [0.29, 0.717) is 10.8 Å². The quantitative estimate of drug-likeness (QED) is 0.551. The molecular weight excluding hydrogens is 446 g/mol. The molecule has 1 amide bonds. The number of amides is 1. The minimum absolute atomic E-state index is 0.188. The smallest absolute Gasteiger partial charge is 0.404 e. The molecule has 0 atom stereocenters. The van der Waals surface area contributed by atoms with Crippen LogP contribution in [-0.2, 0) is 16.5 Å². The highest BCUT2D eigenvalue weighted by Gasteiger charge is 2.57. The zero-order chi connectivity index (χ0) is 24.2. The molecule has 15 heteroatoms. The van der Waals surface area contributed by atoms with Gasteiger partial charge >= 0.3 is 18.3 Å². The van der Waals surface area contributed by atoms with Gasteiger partial charge in [-0.25, -0.2) is 4.98 Å². The third kappa shape index (κ3) is 3.99. The van der Waals surface area contributed by atoms with Crippen molar-refractivity contribution in [2.75, 3.05) is 18.5 Å². The van der Waals surface area contributed by atoms with Crippen molar-refractivity contribution in [3.63, 3.8) is 0 Å². The molecule has 2 heterocycles. The molecule has 31 heavy (non-hydrogen) atoms. The van der Waals surface area contributed by atoms with Crippen molar-refractivity contribution in [3.8, 4) is 0 Å². The highest BCUT2D eigenvalue weighted by Crippen LogP contribution is 2.38. The Bertz CT molecular complexity index is 1020. The summed E-state index contributed by atoms with van der Waals surface area (Å²) in [5.41, 5.74) is -1.84. The van der Waals surface area contributed by atoms with E-state index in [0.717, 1.165) is 11.9 Å². The molecule has 1 aromatic rings. The number of nitrogens with zero attached hydrogens (tertiary/aromatic N) is 4. The number of aliphatic imine (C=N–C) groups is 1. The molecule has 0 spiro atoms. The average molecular weight is 461 g/mol. The number of halogens is 8. The van der Waals surface area contributed by atoms with Crippen LogP contribution in [0.4, 0.5) is 41.1 Å². The number of carbonyl (C=O) groups is 1. The van der Waals surface area contributed by atoms with E-state index in [4.69, 9.17) is 5.73 Å². The number of carbonyl (C=O) groups excluding carboxylic acids is 1. The van der Waals surface area contributed by atoms with Crippen LogP contribution in [0.15, 0.2) is 16.0 Å². The van der Waals surface area contributed by atoms with Gasteiger partial charge in [-0.05, 0) is 13.8 Å². The molecule has 0 saturated carbocycles. The molecule has 2 N–H and O–H groups in total. The predicted octanol–water partition coefficient (Wildman–Crippen LogP) is 2.54. The fourth-order valence-electron chi connectivity index (χ4n) is 2.84. The van der Waals surface area contributed by atoms with Crippen LogP contribution in [0.5, 0.6) is 0 Å². The standard InChI is InChI=1S/C16H15F8N5O2/c1-13(2)11(31)28(3)12-27-9(15(19,20)21)8(10(30)29(12)13)7(4-25)5-26-6-14(17,18)16(22,23)24/h4-5H,6,25H2,1-3H3. The second kappa shape index (κ2) is 7.30. The average Bonchev–Trinajstić information content (AvgIpc) is 2.78. The van der Waals surface area contributed by atoms with E-state index in [1.807, 2.05) is 0 Å². The summed E-state index contributed by atoms with van der Waals surface area (Å²) >= 11 is 0. The molecule has 172 valence electrons.